The van der Waals surface area contributed by atoms with Gasteiger partial charge in [-0.3, -0.25) is 0 Å². The summed E-state index contributed by atoms with van der Waals surface area (Å²) in [6.07, 6.45) is 1.69. The number of aromatic nitrogens is 3. The molecule has 0 saturated carbocycles. The minimum Gasteiger partial charge on any atom is -0.324 e. The zero-order chi connectivity index (χ0) is 11.5. The van der Waals surface area contributed by atoms with Crippen LogP contribution < -0.4 is 5.73 Å². The SMILES string of the molecule is C[C@@H](N)c1ccc(Sc2nncn2C)cc1. The third-order valence-corrected chi connectivity index (χ3v) is 3.34. The molecule has 1 aromatic carbocycles. The van der Waals surface area contributed by atoms with Crippen LogP contribution in [0.1, 0.15) is 18.5 Å². The Bertz CT molecular complexity index is 461. The second-order valence-corrected chi connectivity index (χ2v) is 4.72. The van der Waals surface area contributed by atoms with Crippen LogP contribution in [0, 0.1) is 0 Å². The first-order valence-electron chi connectivity index (χ1n) is 5.04. The summed E-state index contributed by atoms with van der Waals surface area (Å²) < 4.78 is 1.89. The normalized spacial score (nSPS) is 12.7. The Balaban J connectivity index is 2.14. The molecule has 16 heavy (non-hydrogen) atoms. The topological polar surface area (TPSA) is 56.7 Å². The number of hydrogen-bond acceptors (Lipinski definition) is 4. The van der Waals surface area contributed by atoms with Crippen molar-refractivity contribution in [2.75, 3.05) is 0 Å². The number of benzene rings is 1. The maximum atomic E-state index is 5.79. The molecule has 1 aromatic heterocycles. The number of nitrogens with zero attached hydrogens (tertiary/aromatic N) is 3. The van der Waals surface area contributed by atoms with Crippen molar-refractivity contribution >= 4 is 11.8 Å². The predicted octanol–water partition coefficient (Wildman–Crippen LogP) is 1.99. The van der Waals surface area contributed by atoms with Crippen molar-refractivity contribution in [1.29, 1.82) is 0 Å². The molecule has 0 unspecified atom stereocenters. The zero-order valence-corrected chi connectivity index (χ0v) is 10.1. The molecule has 5 heteroatoms. The van der Waals surface area contributed by atoms with Crippen LogP contribution in [-0.4, -0.2) is 14.8 Å². The van der Waals surface area contributed by atoms with E-state index < -0.39 is 0 Å². The van der Waals surface area contributed by atoms with Gasteiger partial charge in [0.1, 0.15) is 6.33 Å². The minimum absolute atomic E-state index is 0.0777. The van der Waals surface area contributed by atoms with Gasteiger partial charge in [0.05, 0.1) is 0 Å². The van der Waals surface area contributed by atoms with E-state index in [9.17, 15) is 0 Å². The first-order chi connectivity index (χ1) is 7.66. The van der Waals surface area contributed by atoms with Gasteiger partial charge in [-0.05, 0) is 36.4 Å². The van der Waals surface area contributed by atoms with Gasteiger partial charge in [-0.15, -0.1) is 10.2 Å². The smallest absolute Gasteiger partial charge is 0.195 e. The van der Waals surface area contributed by atoms with E-state index in [2.05, 4.69) is 22.3 Å². The van der Waals surface area contributed by atoms with Crippen LogP contribution in [0.3, 0.4) is 0 Å². The lowest BCUT2D eigenvalue weighted by atomic mass is 10.1. The standard InChI is InChI=1S/C11H14N4S/c1-8(12)9-3-5-10(6-4-9)16-11-14-13-7-15(11)2/h3-8H,12H2,1-2H3/t8-/m1/s1. The summed E-state index contributed by atoms with van der Waals surface area (Å²) in [6.45, 7) is 1.98. The highest BCUT2D eigenvalue weighted by atomic mass is 32.2. The molecule has 0 aliphatic rings. The molecule has 0 saturated heterocycles. The molecule has 0 aliphatic heterocycles. The molecular weight excluding hydrogens is 220 g/mol. The molecule has 2 aromatic rings. The Labute approximate surface area is 98.9 Å². The average molecular weight is 234 g/mol. The van der Waals surface area contributed by atoms with Crippen molar-refractivity contribution < 1.29 is 0 Å². The van der Waals surface area contributed by atoms with Crippen LogP contribution in [0.25, 0.3) is 0 Å². The molecule has 0 amide bonds. The third kappa shape index (κ3) is 2.43. The Hall–Kier alpha value is -1.33. The van der Waals surface area contributed by atoms with Crippen LogP contribution in [-0.2, 0) is 7.05 Å². The molecular formula is C11H14N4S. The molecule has 1 atom stereocenters. The van der Waals surface area contributed by atoms with E-state index in [0.717, 1.165) is 15.6 Å². The van der Waals surface area contributed by atoms with Crippen molar-refractivity contribution in [3.8, 4) is 0 Å². The number of rotatable bonds is 3. The molecule has 0 aliphatic carbocycles. The largest absolute Gasteiger partial charge is 0.324 e. The first-order valence-corrected chi connectivity index (χ1v) is 5.86. The molecule has 4 nitrogen and oxygen atoms in total. The first kappa shape index (κ1) is 11.2. The van der Waals surface area contributed by atoms with Gasteiger partial charge in [-0.25, -0.2) is 0 Å². The van der Waals surface area contributed by atoms with Gasteiger partial charge < -0.3 is 10.3 Å². The van der Waals surface area contributed by atoms with Crippen molar-refractivity contribution in [3.63, 3.8) is 0 Å². The van der Waals surface area contributed by atoms with Crippen molar-refractivity contribution in [3.05, 3.63) is 36.2 Å². The van der Waals surface area contributed by atoms with E-state index in [1.165, 1.54) is 0 Å². The Morgan fingerprint density at radius 1 is 1.31 bits per heavy atom. The summed E-state index contributed by atoms with van der Waals surface area (Å²) in [5, 5.41) is 8.74. The zero-order valence-electron chi connectivity index (χ0n) is 9.29. The summed E-state index contributed by atoms with van der Waals surface area (Å²) in [5.74, 6) is 0. The summed E-state index contributed by atoms with van der Waals surface area (Å²) in [4.78, 5) is 1.14. The fourth-order valence-corrected chi connectivity index (χ4v) is 2.07. The Morgan fingerprint density at radius 3 is 2.50 bits per heavy atom. The quantitative estimate of drug-likeness (QED) is 0.882. The van der Waals surface area contributed by atoms with E-state index in [1.54, 1.807) is 18.1 Å². The van der Waals surface area contributed by atoms with E-state index in [-0.39, 0.29) is 6.04 Å². The van der Waals surface area contributed by atoms with Crippen LogP contribution >= 0.6 is 11.8 Å². The average Bonchev–Trinajstić information content (AvgIpc) is 2.65. The second-order valence-electron chi connectivity index (χ2n) is 3.68. The van der Waals surface area contributed by atoms with Crippen LogP contribution in [0.5, 0.6) is 0 Å². The molecule has 1 heterocycles. The summed E-state index contributed by atoms with van der Waals surface area (Å²) in [6, 6.07) is 8.27. The van der Waals surface area contributed by atoms with Crippen molar-refractivity contribution in [2.24, 2.45) is 12.8 Å². The van der Waals surface area contributed by atoms with Crippen LogP contribution in [0.15, 0.2) is 40.6 Å². The monoisotopic (exact) mass is 234 g/mol. The molecule has 0 radical (unpaired) electrons. The van der Waals surface area contributed by atoms with Gasteiger partial charge in [0.25, 0.3) is 0 Å². The van der Waals surface area contributed by atoms with Gasteiger partial charge in [0.2, 0.25) is 0 Å². The van der Waals surface area contributed by atoms with Gasteiger partial charge in [-0.1, -0.05) is 12.1 Å². The van der Waals surface area contributed by atoms with Gasteiger partial charge >= 0.3 is 0 Å². The molecule has 0 bridgehead atoms. The van der Waals surface area contributed by atoms with E-state index in [0.29, 0.717) is 0 Å². The number of aryl methyl sites for hydroxylation is 1. The van der Waals surface area contributed by atoms with Crippen LogP contribution in [0.2, 0.25) is 0 Å². The number of nitrogens with two attached hydrogens (primary N) is 1. The van der Waals surface area contributed by atoms with Gasteiger partial charge in [0.15, 0.2) is 5.16 Å². The van der Waals surface area contributed by atoms with Crippen LogP contribution in [0.4, 0.5) is 0 Å². The third-order valence-electron chi connectivity index (χ3n) is 2.28. The highest BCUT2D eigenvalue weighted by Crippen LogP contribution is 2.26. The summed E-state index contributed by atoms with van der Waals surface area (Å²) in [5.41, 5.74) is 6.93. The summed E-state index contributed by atoms with van der Waals surface area (Å²) >= 11 is 1.59. The summed E-state index contributed by atoms with van der Waals surface area (Å²) in [7, 11) is 1.93. The molecule has 0 fully saturated rings. The van der Waals surface area contributed by atoms with Crippen molar-refractivity contribution in [2.45, 2.75) is 23.0 Å². The molecule has 84 valence electrons. The van der Waals surface area contributed by atoms with Gasteiger partial charge in [0, 0.05) is 18.0 Å². The Morgan fingerprint density at radius 2 is 2.00 bits per heavy atom. The van der Waals surface area contributed by atoms with Gasteiger partial charge in [-0.2, -0.15) is 0 Å². The fourth-order valence-electron chi connectivity index (χ4n) is 1.31. The van der Waals surface area contributed by atoms with E-state index in [1.807, 2.05) is 30.7 Å². The van der Waals surface area contributed by atoms with Crippen molar-refractivity contribution in [1.82, 2.24) is 14.8 Å². The van der Waals surface area contributed by atoms with E-state index >= 15 is 0 Å². The lowest BCUT2D eigenvalue weighted by Gasteiger charge is -2.06. The maximum absolute atomic E-state index is 5.79. The highest BCUT2D eigenvalue weighted by molar-refractivity contribution is 7.99. The molecule has 2 rings (SSSR count). The maximum Gasteiger partial charge on any atom is 0.195 e. The van der Waals surface area contributed by atoms with E-state index in [4.69, 9.17) is 5.73 Å². The second kappa shape index (κ2) is 4.67. The highest BCUT2D eigenvalue weighted by Gasteiger charge is 2.04. The lowest BCUT2D eigenvalue weighted by molar-refractivity contribution is 0.788. The molecule has 0 spiro atoms. The molecule has 2 N–H and O–H groups in total. The predicted molar refractivity (Wildman–Crippen MR) is 64.2 cm³/mol. The number of hydrogen-bond donors (Lipinski definition) is 1. The lowest BCUT2D eigenvalue weighted by Crippen LogP contribution is -2.04. The fraction of sp³-hybridized carbons (Fsp3) is 0.273. The minimum atomic E-state index is 0.0777. The Kier molecular flexibility index (Phi) is 3.26.